The quantitative estimate of drug-likeness (QED) is 0.780. The molecule has 1 atom stereocenters. The van der Waals surface area contributed by atoms with Gasteiger partial charge in [-0.25, -0.2) is 0 Å². The lowest BCUT2D eigenvalue weighted by Crippen LogP contribution is -2.50. The van der Waals surface area contributed by atoms with Crippen molar-refractivity contribution in [3.63, 3.8) is 0 Å². The smallest absolute Gasteiger partial charge is 0.244 e. The summed E-state index contributed by atoms with van der Waals surface area (Å²) in [5, 5.41) is 0. The molecule has 0 aromatic heterocycles. The number of carbonyl (C=O) groups is 2. The van der Waals surface area contributed by atoms with Gasteiger partial charge in [0.15, 0.2) is 0 Å². The van der Waals surface area contributed by atoms with Crippen LogP contribution in [0.2, 0.25) is 0 Å². The Hall–Kier alpha value is -2.08. The van der Waals surface area contributed by atoms with Gasteiger partial charge in [0.1, 0.15) is 0 Å². The van der Waals surface area contributed by atoms with Gasteiger partial charge in [-0.2, -0.15) is 0 Å². The summed E-state index contributed by atoms with van der Waals surface area (Å²) in [4.78, 5) is 26.8. The van der Waals surface area contributed by atoms with E-state index in [4.69, 9.17) is 11.5 Å². The lowest BCUT2D eigenvalue weighted by atomic mass is 10.1. The van der Waals surface area contributed by atoms with E-state index >= 15 is 0 Å². The highest BCUT2D eigenvalue weighted by molar-refractivity contribution is 6.02. The normalized spacial score (nSPS) is 15.9. The molecule has 1 aliphatic rings. The first-order valence-corrected chi connectivity index (χ1v) is 6.16. The third kappa shape index (κ3) is 2.68. The third-order valence-electron chi connectivity index (χ3n) is 3.25. The van der Waals surface area contributed by atoms with Gasteiger partial charge in [0.05, 0.1) is 23.8 Å². The molecule has 0 radical (unpaired) electrons. The molecular weight excluding hydrogens is 244 g/mol. The summed E-state index contributed by atoms with van der Waals surface area (Å²) >= 11 is 0. The van der Waals surface area contributed by atoms with Crippen molar-refractivity contribution >= 4 is 23.2 Å². The van der Waals surface area contributed by atoms with E-state index < -0.39 is 11.9 Å². The van der Waals surface area contributed by atoms with Crippen LogP contribution in [0.15, 0.2) is 24.3 Å². The summed E-state index contributed by atoms with van der Waals surface area (Å²) in [6.45, 7) is 1.28. The fourth-order valence-corrected chi connectivity index (χ4v) is 2.24. The summed E-state index contributed by atoms with van der Waals surface area (Å²) in [6.07, 6.45) is -0.132. The van der Waals surface area contributed by atoms with Crippen LogP contribution in [0.25, 0.3) is 0 Å². The van der Waals surface area contributed by atoms with Gasteiger partial charge in [-0.15, -0.1) is 0 Å². The predicted molar refractivity (Wildman–Crippen MR) is 73.9 cm³/mol. The van der Waals surface area contributed by atoms with Gasteiger partial charge in [-0.3, -0.25) is 9.59 Å². The molecular formula is C13H18N4O2. The zero-order valence-electron chi connectivity index (χ0n) is 10.9. The minimum Gasteiger partial charge on any atom is -0.371 e. The summed E-state index contributed by atoms with van der Waals surface area (Å²) in [5.41, 5.74) is 12.6. The number of hydrogen-bond acceptors (Lipinski definition) is 4. The Balaban J connectivity index is 2.25. The predicted octanol–water partition coefficient (Wildman–Crippen LogP) is -0.328. The molecule has 4 N–H and O–H groups in total. The van der Waals surface area contributed by atoms with Gasteiger partial charge in [0.25, 0.3) is 0 Å². The second-order valence-electron chi connectivity index (χ2n) is 4.68. The lowest BCUT2D eigenvalue weighted by molar-refractivity contribution is -0.124. The Morgan fingerprint density at radius 2 is 1.89 bits per heavy atom. The number of likely N-dealkylation sites (N-methyl/N-ethyl adjacent to an activating group) is 1. The van der Waals surface area contributed by atoms with Crippen LogP contribution in [-0.2, 0) is 9.59 Å². The van der Waals surface area contributed by atoms with Crippen molar-refractivity contribution in [2.24, 2.45) is 11.5 Å². The number of para-hydroxylation sites is 2. The molecule has 1 aromatic rings. The third-order valence-corrected chi connectivity index (χ3v) is 3.25. The zero-order chi connectivity index (χ0) is 14.0. The minimum atomic E-state index is -0.881. The highest BCUT2D eigenvalue weighted by atomic mass is 16.2. The molecule has 1 aromatic carbocycles. The van der Waals surface area contributed by atoms with Crippen molar-refractivity contribution in [2.45, 2.75) is 12.5 Å². The molecule has 0 aliphatic carbocycles. The molecule has 0 spiro atoms. The van der Waals surface area contributed by atoms with Crippen LogP contribution in [0.4, 0.5) is 11.4 Å². The van der Waals surface area contributed by atoms with Gasteiger partial charge in [-0.1, -0.05) is 12.1 Å². The number of benzene rings is 1. The Labute approximate surface area is 112 Å². The van der Waals surface area contributed by atoms with Gasteiger partial charge < -0.3 is 21.3 Å². The van der Waals surface area contributed by atoms with Crippen molar-refractivity contribution in [3.8, 4) is 0 Å². The van der Waals surface area contributed by atoms with E-state index in [1.807, 2.05) is 31.3 Å². The maximum absolute atomic E-state index is 12.3. The number of nitrogens with two attached hydrogens (primary N) is 2. The van der Waals surface area contributed by atoms with Gasteiger partial charge in [0.2, 0.25) is 11.8 Å². The lowest BCUT2D eigenvalue weighted by Gasteiger charge is -2.36. The number of amides is 2. The fourth-order valence-electron chi connectivity index (χ4n) is 2.24. The second kappa shape index (κ2) is 5.27. The fraction of sp³-hybridized carbons (Fsp3) is 0.385. The summed E-state index contributed by atoms with van der Waals surface area (Å²) in [6, 6.07) is 6.74. The largest absolute Gasteiger partial charge is 0.371 e. The van der Waals surface area contributed by atoms with E-state index in [1.165, 1.54) is 0 Å². The van der Waals surface area contributed by atoms with Crippen LogP contribution in [0.3, 0.4) is 0 Å². The van der Waals surface area contributed by atoms with Gasteiger partial charge in [-0.05, 0) is 12.1 Å². The number of nitrogens with zero attached hydrogens (tertiary/aromatic N) is 2. The number of fused-ring (bicyclic) bond motifs is 1. The van der Waals surface area contributed by atoms with Crippen molar-refractivity contribution < 1.29 is 9.59 Å². The van der Waals surface area contributed by atoms with Gasteiger partial charge in [0, 0.05) is 20.1 Å². The number of rotatable bonds is 3. The molecule has 0 bridgehead atoms. The van der Waals surface area contributed by atoms with Gasteiger partial charge >= 0.3 is 0 Å². The maximum Gasteiger partial charge on any atom is 0.244 e. The van der Waals surface area contributed by atoms with E-state index in [1.54, 1.807) is 4.90 Å². The molecule has 0 fully saturated rings. The molecule has 102 valence electrons. The van der Waals surface area contributed by atoms with E-state index in [9.17, 15) is 9.59 Å². The van der Waals surface area contributed by atoms with Crippen LogP contribution in [0.1, 0.15) is 6.42 Å². The highest BCUT2D eigenvalue weighted by Crippen LogP contribution is 2.32. The van der Waals surface area contributed by atoms with Crippen molar-refractivity contribution in [2.75, 3.05) is 29.9 Å². The second-order valence-corrected chi connectivity index (χ2v) is 4.68. The van der Waals surface area contributed by atoms with E-state index in [0.717, 1.165) is 17.9 Å². The first-order chi connectivity index (χ1) is 9.00. The molecule has 0 saturated heterocycles. The van der Waals surface area contributed by atoms with E-state index in [0.29, 0.717) is 6.54 Å². The number of carbonyl (C=O) groups excluding carboxylic acids is 2. The number of hydrogen-bond donors (Lipinski definition) is 2. The molecule has 2 rings (SSSR count). The van der Waals surface area contributed by atoms with Crippen LogP contribution >= 0.6 is 0 Å². The highest BCUT2D eigenvalue weighted by Gasteiger charge is 2.28. The molecule has 19 heavy (non-hydrogen) atoms. The summed E-state index contributed by atoms with van der Waals surface area (Å²) < 4.78 is 0. The zero-order valence-corrected chi connectivity index (χ0v) is 10.9. The van der Waals surface area contributed by atoms with Crippen LogP contribution in [0, 0.1) is 0 Å². The Morgan fingerprint density at radius 1 is 1.26 bits per heavy atom. The topological polar surface area (TPSA) is 92.7 Å². The Morgan fingerprint density at radius 3 is 2.53 bits per heavy atom. The maximum atomic E-state index is 12.3. The van der Waals surface area contributed by atoms with Crippen LogP contribution in [0.5, 0.6) is 0 Å². The molecule has 6 nitrogen and oxygen atoms in total. The first-order valence-electron chi connectivity index (χ1n) is 6.16. The Kier molecular flexibility index (Phi) is 3.71. The van der Waals surface area contributed by atoms with Crippen LogP contribution < -0.4 is 21.3 Å². The number of anilines is 2. The molecule has 0 saturated carbocycles. The van der Waals surface area contributed by atoms with Crippen molar-refractivity contribution in [1.29, 1.82) is 0 Å². The summed E-state index contributed by atoms with van der Waals surface area (Å²) in [5.74, 6) is -0.831. The molecule has 2 amide bonds. The van der Waals surface area contributed by atoms with Crippen LogP contribution in [-0.4, -0.2) is 38.0 Å². The first kappa shape index (κ1) is 13.4. The van der Waals surface area contributed by atoms with Crippen molar-refractivity contribution in [3.05, 3.63) is 24.3 Å². The van der Waals surface area contributed by atoms with E-state index in [2.05, 4.69) is 4.90 Å². The average Bonchev–Trinajstić information content (AvgIpc) is 2.38. The molecule has 1 heterocycles. The van der Waals surface area contributed by atoms with Crippen molar-refractivity contribution in [1.82, 2.24) is 0 Å². The monoisotopic (exact) mass is 262 g/mol. The number of primary amides is 1. The standard InChI is InChI=1S/C13H18N4O2/c1-16-6-7-17(11-5-3-2-4-10(11)16)13(19)9(14)8-12(15)18/h2-5,9H,6-8,14H2,1H3,(H2,15,18). The van der Waals surface area contributed by atoms with E-state index in [-0.39, 0.29) is 12.3 Å². The summed E-state index contributed by atoms with van der Waals surface area (Å²) in [7, 11) is 1.98. The molecule has 6 heteroatoms. The molecule has 1 unspecified atom stereocenters. The minimum absolute atomic E-state index is 0.132. The SMILES string of the molecule is CN1CCN(C(=O)C(N)CC(N)=O)c2ccccc21. The average molecular weight is 262 g/mol. The molecule has 1 aliphatic heterocycles. The Bertz CT molecular complexity index is 503.